The summed E-state index contributed by atoms with van der Waals surface area (Å²) in [6, 6.07) is 5.72. The molecule has 2 atom stereocenters. The lowest BCUT2D eigenvalue weighted by atomic mass is 9.76. The minimum Gasteiger partial charge on any atom is -0.493 e. The van der Waals surface area contributed by atoms with E-state index in [4.69, 9.17) is 19.7 Å². The number of hydrogen-bond acceptors (Lipinski definition) is 5. The summed E-state index contributed by atoms with van der Waals surface area (Å²) in [7, 11) is 3.20. The number of carboxylic acids is 1. The van der Waals surface area contributed by atoms with Gasteiger partial charge in [0.2, 0.25) is 5.91 Å². The van der Waals surface area contributed by atoms with Crippen LogP contribution in [0, 0.1) is 11.8 Å². The Morgan fingerprint density at radius 1 is 1.10 bits per heavy atom. The number of carbonyl (C=O) groups excluding carboxylic acids is 1. The fraction of sp³-hybridized carbons (Fsp3) is 0.500. The number of nitrogens with zero attached hydrogens (tertiary/aromatic N) is 2. The summed E-state index contributed by atoms with van der Waals surface area (Å²) in [6.45, 7) is 0.502. The van der Waals surface area contributed by atoms with Crippen LogP contribution in [0.25, 0.3) is 0 Å². The van der Waals surface area contributed by atoms with Gasteiger partial charge in [-0.2, -0.15) is 5.10 Å². The molecule has 0 fully saturated rings. The number of carboxylic acid groups (broad SMARTS) is 1. The Morgan fingerprint density at radius 3 is 2.52 bits per heavy atom. The third-order valence-corrected chi connectivity index (χ3v) is 5.52. The highest BCUT2D eigenvalue weighted by Crippen LogP contribution is 2.37. The molecule has 0 unspecified atom stereocenters. The van der Waals surface area contributed by atoms with E-state index in [0.29, 0.717) is 30.9 Å². The van der Waals surface area contributed by atoms with Crippen LogP contribution in [0.2, 0.25) is 0 Å². The zero-order valence-corrected chi connectivity index (χ0v) is 17.0. The summed E-state index contributed by atoms with van der Waals surface area (Å²) in [5.74, 6) is 0.492. The van der Waals surface area contributed by atoms with Crippen molar-refractivity contribution in [2.75, 3.05) is 20.8 Å². The van der Waals surface area contributed by atoms with Crippen LogP contribution in [0.1, 0.15) is 44.1 Å². The first-order valence-electron chi connectivity index (χ1n) is 10.0. The normalized spacial score (nSPS) is 20.8. The number of unbranched alkanes of at least 4 members (excludes halogenated alkanes) is 2. The first-order chi connectivity index (χ1) is 14.0. The SMILES string of the molecule is COc1ccc(C2=NN(CCCCCC(=O)O)C(=O)[C@H]3CC=CC[C@@H]23)cc1OC. The van der Waals surface area contributed by atoms with Gasteiger partial charge in [0.1, 0.15) is 0 Å². The number of hydrogen-bond donors (Lipinski definition) is 1. The van der Waals surface area contributed by atoms with E-state index in [1.54, 1.807) is 19.2 Å². The van der Waals surface area contributed by atoms with E-state index in [2.05, 4.69) is 12.2 Å². The van der Waals surface area contributed by atoms with Gasteiger partial charge in [-0.1, -0.05) is 18.6 Å². The number of allylic oxidation sites excluding steroid dienone is 2. The van der Waals surface area contributed by atoms with E-state index >= 15 is 0 Å². The minimum atomic E-state index is -0.787. The van der Waals surface area contributed by atoms with Gasteiger partial charge < -0.3 is 14.6 Å². The molecule has 29 heavy (non-hydrogen) atoms. The lowest BCUT2D eigenvalue weighted by Crippen LogP contribution is -2.45. The monoisotopic (exact) mass is 400 g/mol. The van der Waals surface area contributed by atoms with Crippen LogP contribution in [0.15, 0.2) is 35.5 Å². The average molecular weight is 400 g/mol. The van der Waals surface area contributed by atoms with Gasteiger partial charge in [-0.25, -0.2) is 5.01 Å². The maximum atomic E-state index is 13.0. The van der Waals surface area contributed by atoms with Crippen molar-refractivity contribution in [1.82, 2.24) is 5.01 Å². The van der Waals surface area contributed by atoms with Crippen molar-refractivity contribution in [2.45, 2.75) is 38.5 Å². The van der Waals surface area contributed by atoms with E-state index < -0.39 is 5.97 Å². The van der Waals surface area contributed by atoms with Gasteiger partial charge in [-0.3, -0.25) is 9.59 Å². The highest BCUT2D eigenvalue weighted by atomic mass is 16.5. The Labute approximate surface area is 171 Å². The van der Waals surface area contributed by atoms with Gasteiger partial charge in [-0.05, 0) is 43.9 Å². The Morgan fingerprint density at radius 2 is 1.83 bits per heavy atom. The van der Waals surface area contributed by atoms with E-state index in [0.717, 1.165) is 30.5 Å². The Hall–Kier alpha value is -2.83. The molecule has 1 heterocycles. The van der Waals surface area contributed by atoms with E-state index in [9.17, 15) is 9.59 Å². The van der Waals surface area contributed by atoms with Gasteiger partial charge in [-0.15, -0.1) is 0 Å². The number of rotatable bonds is 9. The molecule has 0 saturated carbocycles. The highest BCUT2D eigenvalue weighted by molar-refractivity contribution is 6.07. The van der Waals surface area contributed by atoms with E-state index in [-0.39, 0.29) is 24.2 Å². The summed E-state index contributed by atoms with van der Waals surface area (Å²) in [6.07, 6.45) is 7.94. The maximum Gasteiger partial charge on any atom is 0.303 e. The molecule has 0 spiro atoms. The maximum absolute atomic E-state index is 13.0. The summed E-state index contributed by atoms with van der Waals surface area (Å²) >= 11 is 0. The van der Waals surface area contributed by atoms with Crippen LogP contribution >= 0.6 is 0 Å². The molecule has 1 aromatic carbocycles. The molecular weight excluding hydrogens is 372 g/mol. The van der Waals surface area contributed by atoms with Crippen LogP contribution in [0.5, 0.6) is 11.5 Å². The second kappa shape index (κ2) is 9.58. The highest BCUT2D eigenvalue weighted by Gasteiger charge is 2.39. The molecule has 0 aromatic heterocycles. The van der Waals surface area contributed by atoms with Gasteiger partial charge in [0.05, 0.1) is 25.8 Å². The number of amides is 1. The van der Waals surface area contributed by atoms with Crippen LogP contribution in [-0.4, -0.2) is 48.5 Å². The molecule has 1 N–H and O–H groups in total. The number of carbonyl (C=O) groups is 2. The van der Waals surface area contributed by atoms with Crippen molar-refractivity contribution >= 4 is 17.6 Å². The molecule has 0 radical (unpaired) electrons. The fourth-order valence-electron chi connectivity index (χ4n) is 3.98. The molecule has 7 nitrogen and oxygen atoms in total. The summed E-state index contributed by atoms with van der Waals surface area (Å²) < 4.78 is 10.8. The molecule has 1 amide bonds. The van der Waals surface area contributed by atoms with Crippen molar-refractivity contribution in [3.63, 3.8) is 0 Å². The number of hydrazone groups is 1. The quantitative estimate of drug-likeness (QED) is 0.506. The average Bonchev–Trinajstić information content (AvgIpc) is 2.74. The first-order valence-corrected chi connectivity index (χ1v) is 10.0. The molecule has 0 saturated heterocycles. The van der Waals surface area contributed by atoms with Crippen molar-refractivity contribution < 1.29 is 24.2 Å². The number of aliphatic carboxylic acids is 1. The van der Waals surface area contributed by atoms with Gasteiger partial charge in [0.25, 0.3) is 0 Å². The van der Waals surface area contributed by atoms with Crippen LogP contribution in [0.3, 0.4) is 0 Å². The van der Waals surface area contributed by atoms with Crippen molar-refractivity contribution in [1.29, 1.82) is 0 Å². The van der Waals surface area contributed by atoms with Gasteiger partial charge in [0.15, 0.2) is 11.5 Å². The van der Waals surface area contributed by atoms with Gasteiger partial charge >= 0.3 is 5.97 Å². The predicted octanol–water partition coefficient (Wildman–Crippen LogP) is 3.48. The lowest BCUT2D eigenvalue weighted by Gasteiger charge is -2.37. The number of fused-ring (bicyclic) bond motifs is 1. The first kappa shape index (κ1) is 20.9. The minimum absolute atomic E-state index is 0.0499. The van der Waals surface area contributed by atoms with Crippen molar-refractivity contribution in [2.24, 2.45) is 16.9 Å². The molecule has 0 bridgehead atoms. The molecule has 1 aliphatic heterocycles. The third kappa shape index (κ3) is 4.78. The third-order valence-electron chi connectivity index (χ3n) is 5.52. The second-order valence-electron chi connectivity index (χ2n) is 7.38. The summed E-state index contributed by atoms with van der Waals surface area (Å²) in [4.78, 5) is 23.6. The molecular formula is C22H28N2O5. The van der Waals surface area contributed by atoms with E-state index in [1.807, 2.05) is 18.2 Å². The summed E-state index contributed by atoms with van der Waals surface area (Å²) in [5, 5.41) is 15.1. The van der Waals surface area contributed by atoms with E-state index in [1.165, 1.54) is 0 Å². The Bertz CT molecular complexity index is 817. The molecule has 156 valence electrons. The standard InChI is InChI=1S/C22H28N2O5/c1-28-18-12-11-15(14-19(18)29-2)21-16-8-5-6-9-17(16)22(27)24(23-21)13-7-3-4-10-20(25)26/h5-6,11-12,14,16-17H,3-4,7-10,13H2,1-2H3,(H,25,26)/t16-,17+/m1/s1. The van der Waals surface area contributed by atoms with Gasteiger partial charge in [0, 0.05) is 24.4 Å². The van der Waals surface area contributed by atoms with Crippen LogP contribution < -0.4 is 9.47 Å². The Balaban J connectivity index is 1.83. The topological polar surface area (TPSA) is 88.4 Å². The molecule has 7 heteroatoms. The zero-order chi connectivity index (χ0) is 20.8. The smallest absolute Gasteiger partial charge is 0.303 e. The molecule has 1 aromatic rings. The fourth-order valence-corrected chi connectivity index (χ4v) is 3.98. The second-order valence-corrected chi connectivity index (χ2v) is 7.38. The van der Waals surface area contributed by atoms with Crippen LogP contribution in [0.4, 0.5) is 0 Å². The molecule has 2 aliphatic rings. The summed E-state index contributed by atoms with van der Waals surface area (Å²) in [5.41, 5.74) is 1.82. The molecule has 3 rings (SSSR count). The number of benzene rings is 1. The van der Waals surface area contributed by atoms with Crippen molar-refractivity contribution in [3.05, 3.63) is 35.9 Å². The Kier molecular flexibility index (Phi) is 6.90. The largest absolute Gasteiger partial charge is 0.493 e. The predicted molar refractivity (Wildman–Crippen MR) is 109 cm³/mol. The number of ether oxygens (including phenoxy) is 2. The zero-order valence-electron chi connectivity index (χ0n) is 17.0. The van der Waals surface area contributed by atoms with Crippen LogP contribution in [-0.2, 0) is 9.59 Å². The number of methoxy groups -OCH3 is 2. The lowest BCUT2D eigenvalue weighted by molar-refractivity contribution is -0.138. The molecule has 1 aliphatic carbocycles. The van der Waals surface area contributed by atoms with Crippen molar-refractivity contribution in [3.8, 4) is 11.5 Å².